The van der Waals surface area contributed by atoms with E-state index < -0.39 is 0 Å². The molecule has 0 bridgehead atoms. The second-order valence-corrected chi connectivity index (χ2v) is 5.26. The lowest BCUT2D eigenvalue weighted by Crippen LogP contribution is -2.35. The largest absolute Gasteiger partial charge is 0.497 e. The van der Waals surface area contributed by atoms with Gasteiger partial charge in [0, 0.05) is 28.2 Å². The number of guanidine groups is 1. The van der Waals surface area contributed by atoms with Crippen molar-refractivity contribution in [2.45, 2.75) is 6.54 Å². The zero-order chi connectivity index (χ0) is 16.1. The van der Waals surface area contributed by atoms with Crippen LogP contribution in [-0.4, -0.2) is 66.1 Å². The number of aromatic nitrogens is 3. The number of ether oxygens (including phenoxy) is 1. The van der Waals surface area contributed by atoms with Crippen LogP contribution in [-0.2, 0) is 6.54 Å². The van der Waals surface area contributed by atoms with Crippen LogP contribution in [0.15, 0.2) is 35.5 Å². The molecule has 0 N–H and O–H groups in total. The van der Waals surface area contributed by atoms with E-state index in [1.807, 2.05) is 68.5 Å². The van der Waals surface area contributed by atoms with Crippen molar-refractivity contribution >= 4 is 5.96 Å². The van der Waals surface area contributed by atoms with Gasteiger partial charge in [0.15, 0.2) is 5.96 Å². The molecule has 7 nitrogen and oxygen atoms in total. The molecule has 2 rings (SSSR count). The van der Waals surface area contributed by atoms with Crippen molar-refractivity contribution < 1.29 is 4.74 Å². The number of hydrogen-bond donors (Lipinski definition) is 0. The molecule has 0 aliphatic heterocycles. The summed E-state index contributed by atoms with van der Waals surface area (Å²) in [4.78, 5) is 8.49. The summed E-state index contributed by atoms with van der Waals surface area (Å²) in [5.74, 6) is 1.70. The highest BCUT2D eigenvalue weighted by Gasteiger charge is 2.06. The molecule has 0 fully saturated rings. The Morgan fingerprint density at radius 3 is 2.32 bits per heavy atom. The summed E-state index contributed by atoms with van der Waals surface area (Å²) in [5.41, 5.74) is 1.75. The van der Waals surface area contributed by atoms with Gasteiger partial charge in [0.25, 0.3) is 0 Å². The van der Waals surface area contributed by atoms with Gasteiger partial charge in [-0.1, -0.05) is 5.21 Å². The van der Waals surface area contributed by atoms with Gasteiger partial charge in [-0.3, -0.25) is 0 Å². The molecule has 22 heavy (non-hydrogen) atoms. The van der Waals surface area contributed by atoms with Gasteiger partial charge in [0.2, 0.25) is 0 Å². The third kappa shape index (κ3) is 3.75. The standard InChI is InChI=1S/C15H22N6O/c1-19(2)15(20(3)4)16-10-12-11-21(18-17-12)13-6-8-14(22-5)9-7-13/h6-9,11H,10H2,1-5H3. The van der Waals surface area contributed by atoms with Gasteiger partial charge >= 0.3 is 0 Å². The lowest BCUT2D eigenvalue weighted by atomic mass is 10.3. The third-order valence-corrected chi connectivity index (χ3v) is 3.06. The molecule has 0 atom stereocenters. The minimum Gasteiger partial charge on any atom is -0.497 e. The normalized spacial score (nSPS) is 10.2. The van der Waals surface area contributed by atoms with Crippen LogP contribution in [0.1, 0.15) is 5.69 Å². The molecule has 0 spiro atoms. The van der Waals surface area contributed by atoms with Gasteiger partial charge in [-0.15, -0.1) is 5.10 Å². The minimum absolute atomic E-state index is 0.488. The Morgan fingerprint density at radius 2 is 1.77 bits per heavy atom. The highest BCUT2D eigenvalue weighted by atomic mass is 16.5. The van der Waals surface area contributed by atoms with Crippen LogP contribution in [0.2, 0.25) is 0 Å². The van der Waals surface area contributed by atoms with Gasteiger partial charge in [0.05, 0.1) is 25.5 Å². The molecule has 0 aliphatic carbocycles. The van der Waals surface area contributed by atoms with Crippen LogP contribution < -0.4 is 4.74 Å². The molecule has 0 saturated carbocycles. The van der Waals surface area contributed by atoms with Crippen molar-refractivity contribution in [3.63, 3.8) is 0 Å². The van der Waals surface area contributed by atoms with Gasteiger partial charge < -0.3 is 14.5 Å². The monoisotopic (exact) mass is 302 g/mol. The minimum atomic E-state index is 0.488. The summed E-state index contributed by atoms with van der Waals surface area (Å²) < 4.78 is 6.88. The molecule has 0 unspecified atom stereocenters. The maximum absolute atomic E-state index is 5.15. The van der Waals surface area contributed by atoms with E-state index in [-0.39, 0.29) is 0 Å². The fourth-order valence-electron chi connectivity index (χ4n) is 2.07. The lowest BCUT2D eigenvalue weighted by molar-refractivity contribution is 0.414. The molecule has 0 saturated heterocycles. The first kappa shape index (κ1) is 15.8. The molecule has 2 aromatic rings. The molecule has 7 heteroatoms. The van der Waals surface area contributed by atoms with Crippen molar-refractivity contribution in [2.75, 3.05) is 35.3 Å². The number of methoxy groups -OCH3 is 1. The molecule has 0 radical (unpaired) electrons. The molecular weight excluding hydrogens is 280 g/mol. The fraction of sp³-hybridized carbons (Fsp3) is 0.400. The first-order valence-electron chi connectivity index (χ1n) is 6.96. The van der Waals surface area contributed by atoms with E-state index in [1.54, 1.807) is 11.8 Å². The zero-order valence-electron chi connectivity index (χ0n) is 13.7. The fourth-order valence-corrected chi connectivity index (χ4v) is 2.07. The van der Waals surface area contributed by atoms with Gasteiger partial charge in [0.1, 0.15) is 11.4 Å². The van der Waals surface area contributed by atoms with Crippen molar-refractivity contribution in [1.29, 1.82) is 0 Å². The Labute approximate surface area is 130 Å². The highest BCUT2D eigenvalue weighted by Crippen LogP contribution is 2.14. The van der Waals surface area contributed by atoms with E-state index in [0.29, 0.717) is 6.54 Å². The summed E-state index contributed by atoms with van der Waals surface area (Å²) in [6.45, 7) is 0.488. The first-order chi connectivity index (χ1) is 10.5. The van der Waals surface area contributed by atoms with Crippen LogP contribution in [0.5, 0.6) is 5.75 Å². The second kappa shape index (κ2) is 6.93. The predicted octanol–water partition coefficient (Wildman–Crippen LogP) is 1.26. The summed E-state index contributed by atoms with van der Waals surface area (Å²) in [5, 5.41) is 8.30. The van der Waals surface area contributed by atoms with Crippen LogP contribution >= 0.6 is 0 Å². The van der Waals surface area contributed by atoms with Crippen LogP contribution in [0.25, 0.3) is 5.69 Å². The molecule has 1 aromatic heterocycles. The number of benzene rings is 1. The smallest absolute Gasteiger partial charge is 0.195 e. The van der Waals surface area contributed by atoms with Crippen molar-refractivity contribution in [3.05, 3.63) is 36.2 Å². The van der Waals surface area contributed by atoms with E-state index in [9.17, 15) is 0 Å². The number of aliphatic imine (C=N–C) groups is 1. The Bertz CT molecular complexity index is 620. The average Bonchev–Trinajstić information content (AvgIpc) is 2.95. The SMILES string of the molecule is COc1ccc(-n2cc(CN=C(N(C)C)N(C)C)nn2)cc1. The Hall–Kier alpha value is -2.57. The summed E-state index contributed by atoms with van der Waals surface area (Å²) in [7, 11) is 9.51. The first-order valence-corrected chi connectivity index (χ1v) is 6.96. The van der Waals surface area contributed by atoms with Gasteiger partial charge in [-0.2, -0.15) is 0 Å². The average molecular weight is 302 g/mol. The molecule has 1 heterocycles. The summed E-state index contributed by atoms with van der Waals surface area (Å²) >= 11 is 0. The predicted molar refractivity (Wildman–Crippen MR) is 86.4 cm³/mol. The quantitative estimate of drug-likeness (QED) is 0.628. The molecule has 0 amide bonds. The molecule has 118 valence electrons. The van der Waals surface area contributed by atoms with E-state index in [1.165, 1.54) is 0 Å². The Balaban J connectivity index is 2.12. The van der Waals surface area contributed by atoms with Crippen molar-refractivity contribution in [1.82, 2.24) is 24.8 Å². The lowest BCUT2D eigenvalue weighted by Gasteiger charge is -2.22. The highest BCUT2D eigenvalue weighted by molar-refractivity contribution is 5.79. The number of rotatable bonds is 4. The van der Waals surface area contributed by atoms with Crippen LogP contribution in [0, 0.1) is 0 Å². The maximum Gasteiger partial charge on any atom is 0.195 e. The van der Waals surface area contributed by atoms with Crippen molar-refractivity contribution in [3.8, 4) is 11.4 Å². The number of nitrogens with zero attached hydrogens (tertiary/aromatic N) is 6. The van der Waals surface area contributed by atoms with Crippen molar-refractivity contribution in [2.24, 2.45) is 4.99 Å². The van der Waals surface area contributed by atoms with E-state index >= 15 is 0 Å². The van der Waals surface area contributed by atoms with E-state index in [2.05, 4.69) is 15.3 Å². The van der Waals surface area contributed by atoms with Gasteiger partial charge in [-0.05, 0) is 24.3 Å². The topological polar surface area (TPSA) is 58.8 Å². The van der Waals surface area contributed by atoms with E-state index in [4.69, 9.17) is 4.74 Å². The third-order valence-electron chi connectivity index (χ3n) is 3.06. The Morgan fingerprint density at radius 1 is 1.14 bits per heavy atom. The van der Waals surface area contributed by atoms with Crippen LogP contribution in [0.4, 0.5) is 0 Å². The molecule has 0 aliphatic rings. The maximum atomic E-state index is 5.15. The molecule has 1 aromatic carbocycles. The zero-order valence-corrected chi connectivity index (χ0v) is 13.7. The van der Waals surface area contributed by atoms with Crippen LogP contribution in [0.3, 0.4) is 0 Å². The Kier molecular flexibility index (Phi) is 4.98. The molecular formula is C15H22N6O. The second-order valence-electron chi connectivity index (χ2n) is 5.26. The summed E-state index contributed by atoms with van der Waals surface area (Å²) in [6, 6.07) is 7.66. The number of hydrogen-bond acceptors (Lipinski definition) is 4. The van der Waals surface area contributed by atoms with Gasteiger partial charge in [-0.25, -0.2) is 9.67 Å². The van der Waals surface area contributed by atoms with E-state index in [0.717, 1.165) is 23.1 Å². The summed E-state index contributed by atoms with van der Waals surface area (Å²) in [6.07, 6.45) is 1.88.